The molecule has 0 radical (unpaired) electrons. The van der Waals surface area contributed by atoms with Gasteiger partial charge in [0.05, 0.1) is 24.9 Å². The van der Waals surface area contributed by atoms with Gasteiger partial charge in [0.2, 0.25) is 0 Å². The number of hydrogen-bond donors (Lipinski definition) is 2. The number of aryl methyl sites for hydroxylation is 2. The van der Waals surface area contributed by atoms with Crippen molar-refractivity contribution in [2.45, 2.75) is 26.3 Å². The van der Waals surface area contributed by atoms with E-state index >= 15 is 0 Å². The number of carbonyl (C=O) groups is 1. The fourth-order valence-corrected chi connectivity index (χ4v) is 3.54. The van der Waals surface area contributed by atoms with Crippen molar-refractivity contribution < 1.29 is 9.53 Å². The average Bonchev–Trinajstić information content (AvgIpc) is 2.96. The van der Waals surface area contributed by atoms with Gasteiger partial charge in [-0.25, -0.2) is 4.79 Å². The van der Waals surface area contributed by atoms with Crippen LogP contribution in [0, 0.1) is 6.92 Å². The predicted molar refractivity (Wildman–Crippen MR) is 104 cm³/mol. The van der Waals surface area contributed by atoms with Gasteiger partial charge < -0.3 is 10.1 Å². The number of pyridine rings is 1. The van der Waals surface area contributed by atoms with Crippen LogP contribution in [0.1, 0.15) is 29.8 Å². The minimum atomic E-state index is -0.227. The maximum absolute atomic E-state index is 12.5. The van der Waals surface area contributed by atoms with Gasteiger partial charge in [0.15, 0.2) is 0 Å². The first kappa shape index (κ1) is 19.3. The third-order valence-electron chi connectivity index (χ3n) is 4.94. The van der Waals surface area contributed by atoms with E-state index in [4.69, 9.17) is 4.74 Å². The molecule has 27 heavy (non-hydrogen) atoms. The van der Waals surface area contributed by atoms with Crippen LogP contribution < -0.4 is 10.6 Å². The highest BCUT2D eigenvalue weighted by molar-refractivity contribution is 5.89. The summed E-state index contributed by atoms with van der Waals surface area (Å²) < 4.78 is 7.18. The summed E-state index contributed by atoms with van der Waals surface area (Å²) in [6.45, 7) is 7.60. The highest BCUT2D eigenvalue weighted by Gasteiger charge is 2.23. The predicted octanol–water partition coefficient (Wildman–Crippen LogP) is 1.88. The number of amides is 2. The first-order valence-electron chi connectivity index (χ1n) is 9.39. The Balaban J connectivity index is 1.67. The van der Waals surface area contributed by atoms with Crippen LogP contribution >= 0.6 is 0 Å². The number of nitrogens with one attached hydrogen (secondary N) is 2. The molecule has 0 saturated carbocycles. The smallest absolute Gasteiger partial charge is 0.320 e. The Kier molecular flexibility index (Phi) is 6.41. The van der Waals surface area contributed by atoms with Gasteiger partial charge in [-0.15, -0.1) is 0 Å². The Morgan fingerprint density at radius 3 is 2.81 bits per heavy atom. The summed E-state index contributed by atoms with van der Waals surface area (Å²) in [6.07, 6.45) is 4.44. The lowest BCUT2D eigenvalue weighted by atomic mass is 10.1. The van der Waals surface area contributed by atoms with E-state index in [2.05, 4.69) is 32.5 Å². The molecule has 0 aromatic carbocycles. The number of anilines is 1. The summed E-state index contributed by atoms with van der Waals surface area (Å²) in [7, 11) is 1.84. The van der Waals surface area contributed by atoms with Crippen LogP contribution in [0.25, 0.3) is 0 Å². The van der Waals surface area contributed by atoms with Crippen LogP contribution in [0.2, 0.25) is 0 Å². The summed E-state index contributed by atoms with van der Waals surface area (Å²) in [5.41, 5.74) is 3.09. The van der Waals surface area contributed by atoms with Crippen LogP contribution in [0.3, 0.4) is 0 Å². The molecule has 1 atom stereocenters. The number of nitrogens with zero attached hydrogens (tertiary/aromatic N) is 4. The third kappa shape index (κ3) is 4.64. The van der Waals surface area contributed by atoms with Gasteiger partial charge in [0, 0.05) is 44.6 Å². The van der Waals surface area contributed by atoms with Crippen molar-refractivity contribution in [3.05, 3.63) is 41.3 Å². The number of hydrogen-bond acceptors (Lipinski definition) is 5. The maximum Gasteiger partial charge on any atom is 0.320 e. The van der Waals surface area contributed by atoms with Gasteiger partial charge >= 0.3 is 6.03 Å². The van der Waals surface area contributed by atoms with E-state index in [1.54, 1.807) is 10.9 Å². The van der Waals surface area contributed by atoms with E-state index < -0.39 is 0 Å². The molecule has 0 spiro atoms. The van der Waals surface area contributed by atoms with Gasteiger partial charge in [-0.3, -0.25) is 19.9 Å². The molecular weight excluding hydrogens is 344 g/mol. The first-order valence-corrected chi connectivity index (χ1v) is 9.39. The first-order chi connectivity index (χ1) is 13.1. The molecule has 3 heterocycles. The molecular formula is C19H28N6O2. The standard InChI is InChI=1S/C19H28N6O2/c1-4-16-14(2)23-24(3)18(16)22-19(26)21-13-17(15-6-5-7-20-12-15)25-8-10-27-11-9-25/h5-7,12,17H,4,8-11,13H2,1-3H3,(H2,21,22,26)/t17-/m0/s1. The summed E-state index contributed by atoms with van der Waals surface area (Å²) in [4.78, 5) is 19.1. The zero-order valence-corrected chi connectivity index (χ0v) is 16.2. The fourth-order valence-electron chi connectivity index (χ4n) is 3.54. The number of ether oxygens (including phenoxy) is 1. The van der Waals surface area contributed by atoms with Crippen molar-refractivity contribution >= 4 is 11.8 Å². The van der Waals surface area contributed by atoms with Crippen molar-refractivity contribution in [2.75, 3.05) is 38.2 Å². The normalized spacial score (nSPS) is 16.1. The number of urea groups is 1. The molecule has 1 saturated heterocycles. The summed E-state index contributed by atoms with van der Waals surface area (Å²) in [5.74, 6) is 0.747. The highest BCUT2D eigenvalue weighted by Crippen LogP contribution is 2.21. The lowest BCUT2D eigenvalue weighted by Gasteiger charge is -2.34. The minimum absolute atomic E-state index is 0.0623. The summed E-state index contributed by atoms with van der Waals surface area (Å²) >= 11 is 0. The maximum atomic E-state index is 12.5. The lowest BCUT2D eigenvalue weighted by molar-refractivity contribution is 0.0167. The van der Waals surface area contributed by atoms with Crippen molar-refractivity contribution in [1.29, 1.82) is 0 Å². The molecule has 146 valence electrons. The van der Waals surface area contributed by atoms with E-state index in [9.17, 15) is 4.79 Å². The lowest BCUT2D eigenvalue weighted by Crippen LogP contribution is -2.44. The molecule has 8 heteroatoms. The molecule has 1 aliphatic heterocycles. The Bertz CT molecular complexity index is 755. The second-order valence-corrected chi connectivity index (χ2v) is 6.68. The van der Waals surface area contributed by atoms with E-state index in [1.165, 1.54) is 0 Å². The van der Waals surface area contributed by atoms with E-state index in [0.29, 0.717) is 19.8 Å². The van der Waals surface area contributed by atoms with Crippen molar-refractivity contribution in [2.24, 2.45) is 7.05 Å². The third-order valence-corrected chi connectivity index (χ3v) is 4.94. The highest BCUT2D eigenvalue weighted by atomic mass is 16.5. The molecule has 2 N–H and O–H groups in total. The Labute approximate surface area is 159 Å². The second kappa shape index (κ2) is 8.96. The van der Waals surface area contributed by atoms with E-state index in [1.807, 2.05) is 32.3 Å². The van der Waals surface area contributed by atoms with Crippen molar-refractivity contribution in [3.63, 3.8) is 0 Å². The molecule has 0 bridgehead atoms. The monoisotopic (exact) mass is 372 g/mol. The summed E-state index contributed by atoms with van der Waals surface area (Å²) in [6, 6.07) is 3.81. The number of rotatable bonds is 6. The molecule has 0 aliphatic carbocycles. The van der Waals surface area contributed by atoms with Gasteiger partial charge in [0.1, 0.15) is 5.82 Å². The minimum Gasteiger partial charge on any atom is -0.379 e. The number of morpholine rings is 1. The van der Waals surface area contributed by atoms with E-state index in [0.717, 1.165) is 42.1 Å². The molecule has 0 unspecified atom stereocenters. The van der Waals surface area contributed by atoms with Crippen LogP contribution in [0.4, 0.5) is 10.6 Å². The Morgan fingerprint density at radius 2 is 2.15 bits per heavy atom. The molecule has 1 fully saturated rings. The average molecular weight is 372 g/mol. The number of carbonyl (C=O) groups excluding carboxylic acids is 1. The molecule has 1 aliphatic rings. The number of aromatic nitrogens is 3. The van der Waals surface area contributed by atoms with Crippen molar-refractivity contribution in [1.82, 2.24) is 25.0 Å². The molecule has 2 aromatic heterocycles. The van der Waals surface area contributed by atoms with Crippen LogP contribution in [0.5, 0.6) is 0 Å². The topological polar surface area (TPSA) is 84.3 Å². The van der Waals surface area contributed by atoms with Gasteiger partial charge in [0.25, 0.3) is 0 Å². The zero-order chi connectivity index (χ0) is 19.2. The SMILES string of the molecule is CCc1c(C)nn(C)c1NC(=O)NC[C@@H](c1cccnc1)N1CCOCC1. The molecule has 8 nitrogen and oxygen atoms in total. The Morgan fingerprint density at radius 1 is 1.37 bits per heavy atom. The van der Waals surface area contributed by atoms with Crippen LogP contribution in [-0.2, 0) is 18.2 Å². The molecule has 2 aromatic rings. The largest absolute Gasteiger partial charge is 0.379 e. The second-order valence-electron chi connectivity index (χ2n) is 6.68. The van der Waals surface area contributed by atoms with Crippen molar-refractivity contribution in [3.8, 4) is 0 Å². The van der Waals surface area contributed by atoms with E-state index in [-0.39, 0.29) is 12.1 Å². The quantitative estimate of drug-likeness (QED) is 0.809. The molecule has 2 amide bonds. The fraction of sp³-hybridized carbons (Fsp3) is 0.526. The van der Waals surface area contributed by atoms with Crippen LogP contribution in [-0.4, -0.2) is 58.5 Å². The van der Waals surface area contributed by atoms with Crippen LogP contribution in [0.15, 0.2) is 24.5 Å². The van der Waals surface area contributed by atoms with Gasteiger partial charge in [-0.1, -0.05) is 13.0 Å². The van der Waals surface area contributed by atoms with Gasteiger partial charge in [-0.2, -0.15) is 5.10 Å². The molecule has 3 rings (SSSR count). The summed E-state index contributed by atoms with van der Waals surface area (Å²) in [5, 5.41) is 10.4. The van der Waals surface area contributed by atoms with Gasteiger partial charge in [-0.05, 0) is 25.0 Å². The Hall–Kier alpha value is -2.45. The zero-order valence-electron chi connectivity index (χ0n) is 16.2.